The van der Waals surface area contributed by atoms with Gasteiger partial charge in [-0.1, -0.05) is 294 Å². The topological polar surface area (TPSA) is 105 Å². The molecule has 1 amide bonds. The van der Waals surface area contributed by atoms with E-state index in [1.807, 2.05) is 27.2 Å². The number of carbonyl (C=O) groups excluding carboxylic acids is 1. The van der Waals surface area contributed by atoms with Gasteiger partial charge in [-0.3, -0.25) is 13.8 Å². The van der Waals surface area contributed by atoms with E-state index in [1.165, 1.54) is 250 Å². The van der Waals surface area contributed by atoms with Crippen LogP contribution in [-0.4, -0.2) is 73.4 Å². The van der Waals surface area contributed by atoms with Crippen LogP contribution >= 0.6 is 7.82 Å². The molecule has 0 aromatic heterocycles. The standard InChI is InChI=1S/C64H125N2O6P/c1-6-8-10-12-14-16-18-20-22-24-26-28-30-32-33-34-36-38-40-42-44-46-48-50-52-54-56-58-64(68)65-62(61-72-73(69,70)71-60-59-66(3,4)5)63(67)57-55-53-51-49-47-45-43-41-39-37-35-31-29-27-25-23-21-19-17-15-13-11-9-7-2/h18,20,24,26,55,57,62-63,67H,6-17,19,21-23,25,27-54,56,58-61H2,1-5H3,(H-,65,68,69,70)/p+1/b20-18-,26-24-,57-55+. The zero-order chi connectivity index (χ0) is 53.5. The molecule has 0 aromatic rings. The molecule has 3 N–H and O–H groups in total. The fourth-order valence-corrected chi connectivity index (χ4v) is 10.3. The van der Waals surface area contributed by atoms with E-state index in [2.05, 4.69) is 43.5 Å². The smallest absolute Gasteiger partial charge is 0.387 e. The Bertz CT molecular complexity index is 1280. The highest BCUT2D eigenvalue weighted by molar-refractivity contribution is 7.47. The first-order valence-corrected chi connectivity index (χ1v) is 33.4. The lowest BCUT2D eigenvalue weighted by Crippen LogP contribution is -2.45. The maximum Gasteiger partial charge on any atom is 0.472 e. The molecule has 0 radical (unpaired) electrons. The van der Waals surface area contributed by atoms with Gasteiger partial charge in [0, 0.05) is 6.42 Å². The molecule has 0 saturated carbocycles. The van der Waals surface area contributed by atoms with Crippen LogP contribution in [0.4, 0.5) is 0 Å². The van der Waals surface area contributed by atoms with Crippen LogP contribution in [0.5, 0.6) is 0 Å². The number of hydrogen-bond acceptors (Lipinski definition) is 5. The zero-order valence-corrected chi connectivity index (χ0v) is 50.3. The molecule has 0 rings (SSSR count). The van der Waals surface area contributed by atoms with E-state index in [0.717, 1.165) is 44.9 Å². The van der Waals surface area contributed by atoms with Crippen molar-refractivity contribution in [3.63, 3.8) is 0 Å². The molecule has 0 aliphatic heterocycles. The second kappa shape index (κ2) is 55.5. The van der Waals surface area contributed by atoms with Crippen LogP contribution in [0.15, 0.2) is 36.5 Å². The minimum absolute atomic E-state index is 0.0628. The number of likely N-dealkylation sites (N-methyl/N-ethyl adjacent to an activating group) is 1. The van der Waals surface area contributed by atoms with Crippen LogP contribution in [0.25, 0.3) is 0 Å². The average molecular weight is 1050 g/mol. The second-order valence-electron chi connectivity index (χ2n) is 23.1. The summed E-state index contributed by atoms with van der Waals surface area (Å²) in [6, 6.07) is -0.847. The molecule has 3 unspecified atom stereocenters. The van der Waals surface area contributed by atoms with Gasteiger partial charge in [0.2, 0.25) is 5.91 Å². The summed E-state index contributed by atoms with van der Waals surface area (Å²) in [5.41, 5.74) is 0. The minimum atomic E-state index is -4.35. The normalized spacial score (nSPS) is 14.0. The van der Waals surface area contributed by atoms with Gasteiger partial charge in [0.05, 0.1) is 39.9 Å². The lowest BCUT2D eigenvalue weighted by Gasteiger charge is -2.25. The maximum absolute atomic E-state index is 13.0. The highest BCUT2D eigenvalue weighted by Gasteiger charge is 2.28. The van der Waals surface area contributed by atoms with E-state index in [9.17, 15) is 19.4 Å². The largest absolute Gasteiger partial charge is 0.472 e. The SMILES string of the molecule is CCCCCCC/C=C\C/C=C\CCCCCCCCCCCCCCCCCC(=O)NC(COP(=O)(O)OCC[N+](C)(C)C)C(O)/C=C/CCCCCCCCCCCCCCCCCCCCCCCC. The average Bonchev–Trinajstić information content (AvgIpc) is 3.35. The van der Waals surface area contributed by atoms with Gasteiger partial charge < -0.3 is 19.8 Å². The highest BCUT2D eigenvalue weighted by Crippen LogP contribution is 2.43. The van der Waals surface area contributed by atoms with E-state index >= 15 is 0 Å². The molecule has 0 spiro atoms. The predicted octanol–water partition coefficient (Wildman–Crippen LogP) is 19.7. The number of amides is 1. The van der Waals surface area contributed by atoms with E-state index in [4.69, 9.17) is 9.05 Å². The van der Waals surface area contributed by atoms with Crippen LogP contribution in [0.1, 0.15) is 316 Å². The van der Waals surface area contributed by atoms with Gasteiger partial charge in [-0.15, -0.1) is 0 Å². The van der Waals surface area contributed by atoms with Crippen LogP contribution in [0.3, 0.4) is 0 Å². The van der Waals surface area contributed by atoms with Crippen molar-refractivity contribution < 1.29 is 32.9 Å². The number of aliphatic hydroxyl groups excluding tert-OH is 1. The van der Waals surface area contributed by atoms with Gasteiger partial charge in [-0.25, -0.2) is 4.57 Å². The number of unbranched alkanes of at least 4 members (excludes halogenated alkanes) is 42. The van der Waals surface area contributed by atoms with Crippen molar-refractivity contribution in [2.75, 3.05) is 40.9 Å². The summed E-state index contributed by atoms with van der Waals surface area (Å²) in [5, 5.41) is 14.0. The monoisotopic (exact) mass is 1050 g/mol. The molecule has 0 saturated heterocycles. The lowest BCUT2D eigenvalue weighted by molar-refractivity contribution is -0.870. The Morgan fingerprint density at radius 2 is 0.781 bits per heavy atom. The molecule has 3 atom stereocenters. The fourth-order valence-electron chi connectivity index (χ4n) is 9.61. The molecular weight excluding hydrogens is 924 g/mol. The van der Waals surface area contributed by atoms with Crippen LogP contribution in [0, 0.1) is 0 Å². The van der Waals surface area contributed by atoms with Gasteiger partial charge in [0.25, 0.3) is 0 Å². The van der Waals surface area contributed by atoms with Crippen LogP contribution in [-0.2, 0) is 18.4 Å². The van der Waals surface area contributed by atoms with E-state index in [0.29, 0.717) is 17.4 Å². The number of quaternary nitrogens is 1. The first-order valence-electron chi connectivity index (χ1n) is 31.9. The number of allylic oxidation sites excluding steroid dienone is 5. The summed E-state index contributed by atoms with van der Waals surface area (Å²) in [4.78, 5) is 23.4. The summed E-state index contributed by atoms with van der Waals surface area (Å²) in [6.07, 6.45) is 72.6. The number of nitrogens with zero attached hydrogens (tertiary/aromatic N) is 1. The molecule has 9 heteroatoms. The van der Waals surface area contributed by atoms with Crippen LogP contribution in [0.2, 0.25) is 0 Å². The summed E-state index contributed by atoms with van der Waals surface area (Å²) in [6.45, 7) is 4.85. The second-order valence-corrected chi connectivity index (χ2v) is 24.6. The minimum Gasteiger partial charge on any atom is -0.387 e. The van der Waals surface area contributed by atoms with Crippen molar-refractivity contribution >= 4 is 13.7 Å². The Labute approximate surface area is 455 Å². The molecule has 0 aromatic carbocycles. The van der Waals surface area contributed by atoms with Crippen molar-refractivity contribution in [2.24, 2.45) is 0 Å². The number of phosphoric ester groups is 1. The highest BCUT2D eigenvalue weighted by atomic mass is 31.2. The van der Waals surface area contributed by atoms with Gasteiger partial charge >= 0.3 is 7.82 Å². The summed E-state index contributed by atoms with van der Waals surface area (Å²) >= 11 is 0. The first-order chi connectivity index (χ1) is 35.5. The summed E-state index contributed by atoms with van der Waals surface area (Å²) < 4.78 is 23.8. The number of rotatable bonds is 59. The predicted molar refractivity (Wildman–Crippen MR) is 318 cm³/mol. The summed E-state index contributed by atoms with van der Waals surface area (Å²) in [5.74, 6) is -0.172. The van der Waals surface area contributed by atoms with E-state index < -0.39 is 20.0 Å². The maximum atomic E-state index is 13.0. The molecule has 0 aliphatic rings. The van der Waals surface area contributed by atoms with Crippen molar-refractivity contribution in [1.29, 1.82) is 0 Å². The molecule has 73 heavy (non-hydrogen) atoms. The third kappa shape index (κ3) is 58.2. The van der Waals surface area contributed by atoms with Crippen molar-refractivity contribution in [3.05, 3.63) is 36.5 Å². The van der Waals surface area contributed by atoms with E-state index in [-0.39, 0.29) is 19.1 Å². The Morgan fingerprint density at radius 1 is 0.466 bits per heavy atom. The van der Waals surface area contributed by atoms with Crippen molar-refractivity contribution in [1.82, 2.24) is 5.32 Å². The van der Waals surface area contributed by atoms with Gasteiger partial charge in [-0.2, -0.15) is 0 Å². The zero-order valence-electron chi connectivity index (χ0n) is 49.4. The van der Waals surface area contributed by atoms with Crippen molar-refractivity contribution in [2.45, 2.75) is 328 Å². The van der Waals surface area contributed by atoms with Crippen LogP contribution < -0.4 is 5.32 Å². The third-order valence-corrected chi connectivity index (χ3v) is 15.6. The number of phosphoric acid groups is 1. The number of nitrogens with one attached hydrogen (secondary N) is 1. The lowest BCUT2D eigenvalue weighted by atomic mass is 10.0. The van der Waals surface area contributed by atoms with E-state index in [1.54, 1.807) is 6.08 Å². The Hall–Kier alpha value is -1.28. The third-order valence-electron chi connectivity index (χ3n) is 14.6. The summed E-state index contributed by atoms with van der Waals surface area (Å²) in [7, 11) is 1.58. The Balaban J connectivity index is 4.13. The number of carbonyl (C=O) groups is 1. The number of hydrogen-bond donors (Lipinski definition) is 3. The molecule has 0 fully saturated rings. The molecule has 8 nitrogen and oxygen atoms in total. The molecule has 432 valence electrons. The number of aliphatic hydroxyl groups is 1. The van der Waals surface area contributed by atoms with Gasteiger partial charge in [-0.05, 0) is 51.4 Å². The first kappa shape index (κ1) is 71.7. The Kier molecular flexibility index (Phi) is 54.5. The van der Waals surface area contributed by atoms with Gasteiger partial charge in [0.1, 0.15) is 13.2 Å². The molecule has 0 heterocycles. The van der Waals surface area contributed by atoms with Crippen molar-refractivity contribution in [3.8, 4) is 0 Å². The fraction of sp³-hybridized carbons (Fsp3) is 0.891. The molecular formula is C64H126N2O6P+. The molecule has 0 bridgehead atoms. The van der Waals surface area contributed by atoms with Gasteiger partial charge in [0.15, 0.2) is 0 Å². The molecule has 0 aliphatic carbocycles. The Morgan fingerprint density at radius 3 is 1.12 bits per heavy atom. The quantitative estimate of drug-likeness (QED) is 0.0243.